The van der Waals surface area contributed by atoms with Crippen molar-refractivity contribution in [3.63, 3.8) is 0 Å². The molecule has 0 saturated heterocycles. The maximum Gasteiger partial charge on any atom is 0.314 e. The number of esters is 1. The molecule has 0 aliphatic heterocycles. The van der Waals surface area contributed by atoms with E-state index in [-0.39, 0.29) is 11.9 Å². The van der Waals surface area contributed by atoms with Gasteiger partial charge in [0.1, 0.15) is 0 Å². The summed E-state index contributed by atoms with van der Waals surface area (Å²) in [7, 11) is 0. The highest BCUT2D eigenvalue weighted by Crippen LogP contribution is 2.10. The highest BCUT2D eigenvalue weighted by atomic mass is 16.5. The Balaban J connectivity index is 2.66. The highest BCUT2D eigenvalue weighted by Gasteiger charge is 2.17. The molecule has 7 nitrogen and oxygen atoms in total. The van der Waals surface area contributed by atoms with Crippen molar-refractivity contribution in [3.8, 4) is 0 Å². The number of benzene rings is 1. The molecule has 2 N–H and O–H groups in total. The number of ether oxygens (including phenoxy) is 1. The van der Waals surface area contributed by atoms with Crippen molar-refractivity contribution >= 4 is 29.2 Å². The second kappa shape index (κ2) is 9.44. The van der Waals surface area contributed by atoms with E-state index in [4.69, 9.17) is 4.74 Å². The van der Waals surface area contributed by atoms with Crippen molar-refractivity contribution in [2.75, 3.05) is 11.9 Å². The van der Waals surface area contributed by atoms with Crippen LogP contribution in [0, 0.1) is 5.92 Å². The largest absolute Gasteiger partial charge is 0.465 e. The Morgan fingerprint density at radius 2 is 1.79 bits per heavy atom. The van der Waals surface area contributed by atoms with E-state index in [1.807, 2.05) is 0 Å². The zero-order valence-corrected chi connectivity index (χ0v) is 14.4. The summed E-state index contributed by atoms with van der Waals surface area (Å²) in [6, 6.07) is 6.45. The minimum absolute atomic E-state index is 0.0969. The van der Waals surface area contributed by atoms with Crippen molar-refractivity contribution in [2.45, 2.75) is 34.1 Å². The number of hydrogen-bond donors (Lipinski definition) is 2. The number of amides is 2. The SMILES string of the molecule is CCOC(=O)[C@@H](C)/C(C)=N/NC(=O)c1ccc(NC(=O)CC)cc1. The molecule has 0 saturated carbocycles. The first-order chi connectivity index (χ1) is 11.4. The van der Waals surface area contributed by atoms with Crippen LogP contribution >= 0.6 is 0 Å². The van der Waals surface area contributed by atoms with Gasteiger partial charge in [0.15, 0.2) is 0 Å². The van der Waals surface area contributed by atoms with Crippen LogP contribution < -0.4 is 10.7 Å². The molecule has 1 rings (SSSR count). The second-order valence-electron chi connectivity index (χ2n) is 5.15. The molecule has 0 aromatic heterocycles. The maximum atomic E-state index is 12.0. The molecule has 2 amide bonds. The van der Waals surface area contributed by atoms with Crippen LogP contribution in [-0.4, -0.2) is 30.1 Å². The van der Waals surface area contributed by atoms with Crippen molar-refractivity contribution in [1.29, 1.82) is 0 Å². The van der Waals surface area contributed by atoms with Gasteiger partial charge in [0.05, 0.1) is 12.5 Å². The van der Waals surface area contributed by atoms with E-state index in [1.165, 1.54) is 0 Å². The number of anilines is 1. The highest BCUT2D eigenvalue weighted by molar-refractivity contribution is 6.02. The Morgan fingerprint density at radius 3 is 2.33 bits per heavy atom. The molecule has 0 fully saturated rings. The van der Waals surface area contributed by atoms with E-state index in [2.05, 4.69) is 15.8 Å². The van der Waals surface area contributed by atoms with Crippen LogP contribution in [0.25, 0.3) is 0 Å². The van der Waals surface area contributed by atoms with E-state index in [1.54, 1.807) is 52.0 Å². The van der Waals surface area contributed by atoms with E-state index in [9.17, 15) is 14.4 Å². The summed E-state index contributed by atoms with van der Waals surface area (Å²) < 4.78 is 4.90. The third-order valence-electron chi connectivity index (χ3n) is 3.35. The fourth-order valence-electron chi connectivity index (χ4n) is 1.69. The number of nitrogens with one attached hydrogen (secondary N) is 2. The van der Waals surface area contributed by atoms with Crippen LogP contribution in [0.3, 0.4) is 0 Å². The van der Waals surface area contributed by atoms with Gasteiger partial charge in [0.2, 0.25) is 5.91 Å². The van der Waals surface area contributed by atoms with Gasteiger partial charge in [-0.1, -0.05) is 6.92 Å². The summed E-state index contributed by atoms with van der Waals surface area (Å²) in [5.41, 5.74) is 3.87. The lowest BCUT2D eigenvalue weighted by Crippen LogP contribution is -2.25. The van der Waals surface area contributed by atoms with Crippen molar-refractivity contribution < 1.29 is 19.1 Å². The molecule has 1 aromatic rings. The Kier molecular flexibility index (Phi) is 7.61. The Labute approximate surface area is 141 Å². The van der Waals surface area contributed by atoms with Crippen LogP contribution in [0.4, 0.5) is 5.69 Å². The molecule has 0 spiro atoms. The van der Waals surface area contributed by atoms with Crippen LogP contribution in [-0.2, 0) is 14.3 Å². The monoisotopic (exact) mass is 333 g/mol. The number of hydrazone groups is 1. The summed E-state index contributed by atoms with van der Waals surface area (Å²) in [4.78, 5) is 34.9. The first kappa shape index (κ1) is 19.3. The van der Waals surface area contributed by atoms with Crippen molar-refractivity contribution in [2.24, 2.45) is 11.0 Å². The van der Waals surface area contributed by atoms with Crippen molar-refractivity contribution in [3.05, 3.63) is 29.8 Å². The molecule has 130 valence electrons. The number of nitrogens with zero attached hydrogens (tertiary/aromatic N) is 1. The van der Waals surface area contributed by atoms with Gasteiger partial charge in [0.25, 0.3) is 5.91 Å². The van der Waals surface area contributed by atoms with E-state index in [0.29, 0.717) is 30.0 Å². The lowest BCUT2D eigenvalue weighted by atomic mass is 10.1. The van der Waals surface area contributed by atoms with Crippen LogP contribution in [0.15, 0.2) is 29.4 Å². The van der Waals surface area contributed by atoms with Gasteiger partial charge in [-0.15, -0.1) is 0 Å². The van der Waals surface area contributed by atoms with Crippen LogP contribution in [0.1, 0.15) is 44.5 Å². The fourth-order valence-corrected chi connectivity index (χ4v) is 1.69. The minimum atomic E-state index is -0.531. The summed E-state index contributed by atoms with van der Waals surface area (Å²) in [6.45, 7) is 7.09. The first-order valence-corrected chi connectivity index (χ1v) is 7.80. The molecule has 0 aliphatic carbocycles. The predicted octanol–water partition coefficient (Wildman–Crippen LogP) is 2.34. The zero-order chi connectivity index (χ0) is 18.1. The standard InChI is InChI=1S/C17H23N3O4/c1-5-15(21)18-14-9-7-13(8-10-14)16(22)20-19-12(4)11(3)17(23)24-6-2/h7-11H,5-6H2,1-4H3,(H,18,21)(H,20,22)/b19-12+/t11-/m0/s1. The molecule has 0 unspecified atom stereocenters. The molecule has 0 heterocycles. The molecule has 1 atom stereocenters. The van der Waals surface area contributed by atoms with Gasteiger partial charge >= 0.3 is 5.97 Å². The van der Waals surface area contributed by atoms with E-state index in [0.717, 1.165) is 0 Å². The lowest BCUT2D eigenvalue weighted by Gasteiger charge is -2.10. The Morgan fingerprint density at radius 1 is 1.17 bits per heavy atom. The average molecular weight is 333 g/mol. The predicted molar refractivity (Wildman–Crippen MR) is 91.7 cm³/mol. The summed E-state index contributed by atoms with van der Waals surface area (Å²) >= 11 is 0. The van der Waals surface area contributed by atoms with Crippen LogP contribution in [0.5, 0.6) is 0 Å². The number of carbonyl (C=O) groups is 3. The van der Waals surface area contributed by atoms with Gasteiger partial charge in [-0.05, 0) is 45.0 Å². The topological polar surface area (TPSA) is 96.9 Å². The number of rotatable bonds is 7. The quantitative estimate of drug-likeness (QED) is 0.455. The Bertz CT molecular complexity index is 623. The molecule has 0 aliphatic rings. The van der Waals surface area contributed by atoms with Gasteiger partial charge in [-0.2, -0.15) is 5.10 Å². The molecular weight excluding hydrogens is 310 g/mol. The molecule has 1 aromatic carbocycles. The molecular formula is C17H23N3O4. The third-order valence-corrected chi connectivity index (χ3v) is 3.35. The lowest BCUT2D eigenvalue weighted by molar-refractivity contribution is -0.145. The molecule has 0 bridgehead atoms. The smallest absolute Gasteiger partial charge is 0.314 e. The van der Waals surface area contributed by atoms with Gasteiger partial charge in [-0.3, -0.25) is 14.4 Å². The normalized spacial score (nSPS) is 12.2. The summed E-state index contributed by atoms with van der Waals surface area (Å²) in [5, 5.41) is 6.63. The average Bonchev–Trinajstić information content (AvgIpc) is 2.59. The number of carbonyl (C=O) groups excluding carboxylic acids is 3. The summed E-state index contributed by atoms with van der Waals surface area (Å²) in [6.07, 6.45) is 0.384. The molecule has 0 radical (unpaired) electrons. The van der Waals surface area contributed by atoms with Crippen molar-refractivity contribution in [1.82, 2.24) is 5.43 Å². The first-order valence-electron chi connectivity index (χ1n) is 7.80. The molecule has 24 heavy (non-hydrogen) atoms. The second-order valence-corrected chi connectivity index (χ2v) is 5.15. The van der Waals surface area contributed by atoms with Gasteiger partial charge in [-0.25, -0.2) is 5.43 Å². The number of hydrogen-bond acceptors (Lipinski definition) is 5. The Hall–Kier alpha value is -2.70. The molecule has 7 heteroatoms. The van der Waals surface area contributed by atoms with Gasteiger partial charge in [0, 0.05) is 23.4 Å². The minimum Gasteiger partial charge on any atom is -0.465 e. The van der Waals surface area contributed by atoms with Gasteiger partial charge < -0.3 is 10.1 Å². The van der Waals surface area contributed by atoms with E-state index < -0.39 is 11.8 Å². The summed E-state index contributed by atoms with van der Waals surface area (Å²) in [5.74, 6) is -1.42. The zero-order valence-electron chi connectivity index (χ0n) is 14.4. The third kappa shape index (κ3) is 5.83. The van der Waals surface area contributed by atoms with Crippen LogP contribution in [0.2, 0.25) is 0 Å². The van der Waals surface area contributed by atoms with E-state index >= 15 is 0 Å². The maximum absolute atomic E-state index is 12.0. The fraction of sp³-hybridized carbons (Fsp3) is 0.412.